The summed E-state index contributed by atoms with van der Waals surface area (Å²) in [4.78, 5) is 59.3. The summed E-state index contributed by atoms with van der Waals surface area (Å²) in [6.07, 6.45) is 2.98. The van der Waals surface area contributed by atoms with Crippen LogP contribution in [0.3, 0.4) is 0 Å². The molecule has 4 unspecified atom stereocenters. The fourth-order valence-electron chi connectivity index (χ4n) is 4.75. The molecule has 0 aliphatic rings. The Hall–Kier alpha value is -5.69. The lowest BCUT2D eigenvalue weighted by Crippen LogP contribution is -2.58. The number of carbonyl (C=O) groups excluding carboxylic acids is 3. The van der Waals surface area contributed by atoms with Gasteiger partial charge in [-0.05, 0) is 47.4 Å². The van der Waals surface area contributed by atoms with Crippen LogP contribution in [0, 0.1) is 0 Å². The van der Waals surface area contributed by atoms with Crippen molar-refractivity contribution in [3.63, 3.8) is 0 Å². The van der Waals surface area contributed by atoms with Crippen molar-refractivity contribution >= 4 is 23.7 Å². The topological polar surface area (TPSA) is 220 Å². The third kappa shape index (κ3) is 9.92. The number of nitrogens with zero attached hydrogens (tertiary/aromatic N) is 1. The number of nitrogens with two attached hydrogens (primary N) is 1. The number of phenols is 2. The molecule has 4 atom stereocenters. The highest BCUT2D eigenvalue weighted by Gasteiger charge is 2.31. The molecule has 0 saturated carbocycles. The summed E-state index contributed by atoms with van der Waals surface area (Å²) >= 11 is 0. The summed E-state index contributed by atoms with van der Waals surface area (Å²) in [5.41, 5.74) is 8.67. The average molecular weight is 629 g/mol. The van der Waals surface area contributed by atoms with Crippen molar-refractivity contribution in [1.82, 2.24) is 25.9 Å². The normalized spacial score (nSPS) is 13.5. The lowest BCUT2D eigenvalue weighted by molar-refractivity contribution is -0.142. The number of aromatic hydroxyl groups is 2. The predicted molar refractivity (Wildman–Crippen MR) is 167 cm³/mol. The molecule has 46 heavy (non-hydrogen) atoms. The fraction of sp³-hybridized carbons (Fsp3) is 0.242. The maximum absolute atomic E-state index is 13.8. The largest absolute Gasteiger partial charge is 0.508 e. The molecule has 3 aromatic carbocycles. The molecule has 1 heterocycles. The Bertz CT molecular complexity index is 1600. The van der Waals surface area contributed by atoms with Gasteiger partial charge in [0.1, 0.15) is 29.6 Å². The summed E-state index contributed by atoms with van der Waals surface area (Å²) in [5.74, 6) is -3.25. The number of hydrogen-bond donors (Lipinski definition) is 8. The Morgan fingerprint density at radius 1 is 0.652 bits per heavy atom. The van der Waals surface area contributed by atoms with Crippen molar-refractivity contribution < 1.29 is 34.5 Å². The number of aliphatic carboxylic acids is 1. The molecule has 0 aliphatic heterocycles. The average Bonchev–Trinajstić information content (AvgIpc) is 3.55. The second kappa shape index (κ2) is 15.9. The molecule has 13 nitrogen and oxygen atoms in total. The zero-order chi connectivity index (χ0) is 33.1. The summed E-state index contributed by atoms with van der Waals surface area (Å²) < 4.78 is 0. The van der Waals surface area contributed by atoms with Crippen LogP contribution in [0.15, 0.2) is 91.4 Å². The second-order valence-corrected chi connectivity index (χ2v) is 10.8. The van der Waals surface area contributed by atoms with Gasteiger partial charge in [0.05, 0.1) is 12.4 Å². The predicted octanol–water partition coefficient (Wildman–Crippen LogP) is 0.958. The number of carboxylic acids is 1. The van der Waals surface area contributed by atoms with E-state index in [-0.39, 0.29) is 37.2 Å². The SMILES string of the molecule is NC(Cc1ccc(O)cc1)C(=O)NC(Cc1ccc(O)cc1)C(=O)NC(Cc1cnc[nH]1)C(=O)NC(Cc1ccccc1)C(=O)O. The molecular formula is C33H36N6O7. The van der Waals surface area contributed by atoms with Gasteiger partial charge in [0, 0.05) is 31.2 Å². The summed E-state index contributed by atoms with van der Waals surface area (Å²) in [7, 11) is 0. The Labute approximate surface area is 264 Å². The van der Waals surface area contributed by atoms with Gasteiger partial charge < -0.3 is 42.0 Å². The van der Waals surface area contributed by atoms with Crippen LogP contribution >= 0.6 is 0 Å². The van der Waals surface area contributed by atoms with Gasteiger partial charge in [-0.1, -0.05) is 54.6 Å². The van der Waals surface area contributed by atoms with Crippen molar-refractivity contribution in [2.45, 2.75) is 49.9 Å². The zero-order valence-corrected chi connectivity index (χ0v) is 24.8. The Morgan fingerprint density at radius 3 is 1.67 bits per heavy atom. The molecule has 13 heteroatoms. The van der Waals surface area contributed by atoms with Crippen LogP contribution in [0.1, 0.15) is 22.4 Å². The highest BCUT2D eigenvalue weighted by Crippen LogP contribution is 2.14. The van der Waals surface area contributed by atoms with Gasteiger partial charge in [-0.15, -0.1) is 0 Å². The van der Waals surface area contributed by atoms with Crippen LogP contribution in [-0.2, 0) is 44.9 Å². The molecule has 240 valence electrons. The van der Waals surface area contributed by atoms with Crippen LogP contribution in [0.5, 0.6) is 11.5 Å². The lowest BCUT2D eigenvalue weighted by Gasteiger charge is -2.25. The number of rotatable bonds is 15. The first kappa shape index (κ1) is 33.2. The Balaban J connectivity index is 1.53. The van der Waals surface area contributed by atoms with Crippen LogP contribution in [0.4, 0.5) is 0 Å². The van der Waals surface area contributed by atoms with Crippen molar-refractivity contribution in [3.05, 3.63) is 114 Å². The third-order valence-corrected chi connectivity index (χ3v) is 7.25. The molecule has 0 fully saturated rings. The van der Waals surface area contributed by atoms with E-state index in [9.17, 15) is 34.5 Å². The highest BCUT2D eigenvalue weighted by molar-refractivity contribution is 5.94. The van der Waals surface area contributed by atoms with E-state index >= 15 is 0 Å². The second-order valence-electron chi connectivity index (χ2n) is 10.8. The molecule has 0 saturated heterocycles. The number of amides is 3. The first-order valence-electron chi connectivity index (χ1n) is 14.5. The minimum Gasteiger partial charge on any atom is -0.508 e. The number of phenolic OH excluding ortho intramolecular Hbond substituents is 2. The van der Waals surface area contributed by atoms with Crippen LogP contribution in [-0.4, -0.2) is 73.1 Å². The quantitative estimate of drug-likeness (QED) is 0.0938. The molecular weight excluding hydrogens is 592 g/mol. The summed E-state index contributed by atoms with van der Waals surface area (Å²) in [5, 5.41) is 37.0. The monoisotopic (exact) mass is 628 g/mol. The van der Waals surface area contributed by atoms with E-state index in [4.69, 9.17) is 5.73 Å². The van der Waals surface area contributed by atoms with Gasteiger partial charge >= 0.3 is 5.97 Å². The Morgan fingerprint density at radius 2 is 1.13 bits per heavy atom. The molecule has 4 rings (SSSR count). The van der Waals surface area contributed by atoms with Crippen molar-refractivity contribution in [2.24, 2.45) is 5.73 Å². The molecule has 0 radical (unpaired) electrons. The maximum atomic E-state index is 13.8. The zero-order valence-electron chi connectivity index (χ0n) is 24.8. The minimum atomic E-state index is -1.28. The number of benzene rings is 3. The number of nitrogens with one attached hydrogen (secondary N) is 4. The van der Waals surface area contributed by atoms with Crippen molar-refractivity contribution in [2.75, 3.05) is 0 Å². The number of carboxylic acid groups (broad SMARTS) is 1. The van der Waals surface area contributed by atoms with Gasteiger partial charge in [0.15, 0.2) is 0 Å². The lowest BCUT2D eigenvalue weighted by atomic mass is 10.0. The molecule has 9 N–H and O–H groups in total. The summed E-state index contributed by atoms with van der Waals surface area (Å²) in [6.45, 7) is 0. The number of hydrogen-bond acceptors (Lipinski definition) is 8. The molecule has 0 bridgehead atoms. The molecule has 4 aromatic rings. The van der Waals surface area contributed by atoms with E-state index in [0.717, 1.165) is 0 Å². The van der Waals surface area contributed by atoms with E-state index in [0.29, 0.717) is 22.4 Å². The first-order chi connectivity index (χ1) is 22.1. The van der Waals surface area contributed by atoms with E-state index in [2.05, 4.69) is 25.9 Å². The van der Waals surface area contributed by atoms with Gasteiger partial charge in [0.2, 0.25) is 17.7 Å². The van der Waals surface area contributed by atoms with E-state index in [1.54, 1.807) is 54.6 Å². The van der Waals surface area contributed by atoms with Crippen LogP contribution in [0.2, 0.25) is 0 Å². The standard InChI is InChI=1S/C33H36N6O7/c34-26(14-21-6-10-24(40)11-7-21)30(42)37-27(15-22-8-12-25(41)13-9-22)31(43)38-28(17-23-18-35-19-36-23)32(44)39-29(33(45)46)16-20-4-2-1-3-5-20/h1-13,18-19,26-29,40-41H,14-17,34H2,(H,35,36)(H,37,42)(H,38,43)(H,39,44)(H,45,46). The minimum absolute atomic E-state index is 0.00601. The van der Waals surface area contributed by atoms with E-state index in [1.165, 1.54) is 36.8 Å². The maximum Gasteiger partial charge on any atom is 0.326 e. The molecule has 1 aromatic heterocycles. The smallest absolute Gasteiger partial charge is 0.326 e. The van der Waals surface area contributed by atoms with Gasteiger partial charge in [-0.2, -0.15) is 0 Å². The number of aromatic amines is 1. The van der Waals surface area contributed by atoms with Gasteiger partial charge in [0.25, 0.3) is 0 Å². The van der Waals surface area contributed by atoms with Crippen molar-refractivity contribution in [3.8, 4) is 11.5 Å². The van der Waals surface area contributed by atoms with Gasteiger partial charge in [-0.3, -0.25) is 14.4 Å². The summed E-state index contributed by atoms with van der Waals surface area (Å²) in [6, 6.07) is 16.3. The molecule has 0 aliphatic carbocycles. The number of H-pyrrole nitrogens is 1. The van der Waals surface area contributed by atoms with E-state index in [1.807, 2.05) is 0 Å². The van der Waals surface area contributed by atoms with Gasteiger partial charge in [-0.25, -0.2) is 9.78 Å². The molecule has 0 spiro atoms. The number of carbonyl (C=O) groups is 4. The molecule has 3 amide bonds. The number of aromatic nitrogens is 2. The highest BCUT2D eigenvalue weighted by atomic mass is 16.4. The van der Waals surface area contributed by atoms with Crippen LogP contribution < -0.4 is 21.7 Å². The van der Waals surface area contributed by atoms with E-state index < -0.39 is 47.9 Å². The Kier molecular flexibility index (Phi) is 11.5. The van der Waals surface area contributed by atoms with Crippen LogP contribution in [0.25, 0.3) is 0 Å². The third-order valence-electron chi connectivity index (χ3n) is 7.25. The fourth-order valence-corrected chi connectivity index (χ4v) is 4.75. The van der Waals surface area contributed by atoms with Crippen molar-refractivity contribution in [1.29, 1.82) is 0 Å². The first-order valence-corrected chi connectivity index (χ1v) is 14.5. The number of imidazole rings is 1.